The summed E-state index contributed by atoms with van der Waals surface area (Å²) in [5.41, 5.74) is 2.73. The van der Waals surface area contributed by atoms with Gasteiger partial charge in [-0.3, -0.25) is 0 Å². The SMILES string of the molecule is COc1ccc(-c2nccs2)c2c1oc1ccccc12.O=C=O. The highest BCUT2D eigenvalue weighted by atomic mass is 32.1. The number of hydrogen-bond donors (Lipinski definition) is 0. The van der Waals surface area contributed by atoms with E-state index in [0.29, 0.717) is 0 Å². The third-order valence-electron chi connectivity index (χ3n) is 3.37. The summed E-state index contributed by atoms with van der Waals surface area (Å²) >= 11 is 1.62. The van der Waals surface area contributed by atoms with Crippen molar-refractivity contribution >= 4 is 39.4 Å². The molecule has 0 bridgehead atoms. The number of ether oxygens (including phenoxy) is 1. The summed E-state index contributed by atoms with van der Waals surface area (Å²) in [6.45, 7) is 0. The van der Waals surface area contributed by atoms with Gasteiger partial charge in [0, 0.05) is 27.9 Å². The Morgan fingerprint density at radius 3 is 2.65 bits per heavy atom. The maximum absolute atomic E-state index is 8.12. The highest BCUT2D eigenvalue weighted by molar-refractivity contribution is 7.13. The number of carbonyl (C=O) groups excluding carboxylic acids is 2. The van der Waals surface area contributed by atoms with E-state index in [1.54, 1.807) is 18.4 Å². The fourth-order valence-corrected chi connectivity index (χ4v) is 3.17. The fourth-order valence-electron chi connectivity index (χ4n) is 2.50. The van der Waals surface area contributed by atoms with E-state index in [-0.39, 0.29) is 6.15 Å². The highest BCUT2D eigenvalue weighted by Gasteiger charge is 2.17. The number of benzene rings is 2. The monoisotopic (exact) mass is 325 g/mol. The Balaban J connectivity index is 0.000000485. The van der Waals surface area contributed by atoms with Crippen LogP contribution < -0.4 is 4.74 Å². The first-order chi connectivity index (χ1) is 11.3. The number of hydrogen-bond acceptors (Lipinski definition) is 6. The van der Waals surface area contributed by atoms with Crippen molar-refractivity contribution in [2.75, 3.05) is 7.11 Å². The number of thiazole rings is 1. The van der Waals surface area contributed by atoms with Gasteiger partial charge < -0.3 is 9.15 Å². The average molecular weight is 325 g/mol. The molecule has 0 radical (unpaired) electrons. The number of furan rings is 1. The van der Waals surface area contributed by atoms with Gasteiger partial charge in [0.05, 0.1) is 7.11 Å². The lowest BCUT2D eigenvalue weighted by molar-refractivity contribution is -0.191. The van der Waals surface area contributed by atoms with Gasteiger partial charge in [-0.2, -0.15) is 9.59 Å². The number of para-hydroxylation sites is 1. The Kier molecular flexibility index (Phi) is 4.19. The summed E-state index contributed by atoms with van der Waals surface area (Å²) in [7, 11) is 1.66. The summed E-state index contributed by atoms with van der Waals surface area (Å²) in [6.07, 6.45) is 2.07. The van der Waals surface area contributed by atoms with Crippen LogP contribution in [0.2, 0.25) is 0 Å². The van der Waals surface area contributed by atoms with Crippen LogP contribution in [0.25, 0.3) is 32.5 Å². The summed E-state index contributed by atoms with van der Waals surface area (Å²) in [5.74, 6) is 0.747. The molecule has 2 heterocycles. The van der Waals surface area contributed by atoms with Crippen molar-refractivity contribution < 1.29 is 18.7 Å². The van der Waals surface area contributed by atoms with Gasteiger partial charge in [0.2, 0.25) is 0 Å². The molecule has 23 heavy (non-hydrogen) atoms. The Labute approximate surface area is 135 Å². The first kappa shape index (κ1) is 15.0. The Bertz CT molecular complexity index is 983. The molecule has 5 nitrogen and oxygen atoms in total. The third-order valence-corrected chi connectivity index (χ3v) is 4.18. The van der Waals surface area contributed by atoms with Crippen LogP contribution in [-0.2, 0) is 9.59 Å². The number of fused-ring (bicyclic) bond motifs is 3. The van der Waals surface area contributed by atoms with Crippen LogP contribution in [0.15, 0.2) is 52.4 Å². The molecule has 2 aromatic carbocycles. The van der Waals surface area contributed by atoms with Crippen molar-refractivity contribution in [3.8, 4) is 16.3 Å². The van der Waals surface area contributed by atoms with Crippen molar-refractivity contribution in [1.82, 2.24) is 4.98 Å². The summed E-state index contributed by atoms with van der Waals surface area (Å²) in [4.78, 5) is 20.7. The minimum absolute atomic E-state index is 0.250. The molecule has 2 aromatic heterocycles. The Hall–Kier alpha value is -2.95. The molecule has 0 atom stereocenters. The highest BCUT2D eigenvalue weighted by Crippen LogP contribution is 2.41. The number of aromatic nitrogens is 1. The summed E-state index contributed by atoms with van der Waals surface area (Å²) in [6, 6.07) is 12.0. The maximum atomic E-state index is 8.12. The second kappa shape index (κ2) is 6.44. The van der Waals surface area contributed by atoms with Crippen LogP contribution in [0.1, 0.15) is 0 Å². The zero-order valence-corrected chi connectivity index (χ0v) is 12.9. The van der Waals surface area contributed by atoms with Crippen molar-refractivity contribution in [2.24, 2.45) is 0 Å². The van der Waals surface area contributed by atoms with Crippen molar-refractivity contribution in [3.63, 3.8) is 0 Å². The first-order valence-corrected chi connectivity index (χ1v) is 7.55. The van der Waals surface area contributed by atoms with E-state index in [1.807, 2.05) is 41.9 Å². The predicted octanol–water partition coefficient (Wildman–Crippen LogP) is 4.13. The summed E-state index contributed by atoms with van der Waals surface area (Å²) < 4.78 is 11.4. The Morgan fingerprint density at radius 2 is 1.96 bits per heavy atom. The zero-order chi connectivity index (χ0) is 16.2. The lowest BCUT2D eigenvalue weighted by atomic mass is 10.1. The van der Waals surface area contributed by atoms with E-state index in [0.717, 1.165) is 38.3 Å². The molecular weight excluding hydrogens is 314 g/mol. The van der Waals surface area contributed by atoms with Gasteiger partial charge in [-0.15, -0.1) is 11.3 Å². The first-order valence-electron chi connectivity index (χ1n) is 6.67. The van der Waals surface area contributed by atoms with E-state index in [9.17, 15) is 0 Å². The lowest BCUT2D eigenvalue weighted by Crippen LogP contribution is -1.85. The van der Waals surface area contributed by atoms with Crippen LogP contribution in [-0.4, -0.2) is 18.2 Å². The average Bonchev–Trinajstić information content (AvgIpc) is 3.22. The van der Waals surface area contributed by atoms with E-state index in [2.05, 4.69) is 11.1 Å². The van der Waals surface area contributed by atoms with Crippen LogP contribution in [0, 0.1) is 0 Å². The van der Waals surface area contributed by atoms with Crippen LogP contribution >= 0.6 is 11.3 Å². The molecule has 114 valence electrons. The molecule has 0 saturated heterocycles. The standard InChI is InChI=1S/C16H11NO2S.CO2/c1-18-13-7-6-11(16-17-8-9-20-16)14-10-4-2-3-5-12(10)19-15(13)14;2-1-3/h2-9H,1H3;. The van der Waals surface area contributed by atoms with E-state index >= 15 is 0 Å². The van der Waals surface area contributed by atoms with E-state index < -0.39 is 0 Å². The van der Waals surface area contributed by atoms with Crippen molar-refractivity contribution in [3.05, 3.63) is 48.0 Å². The van der Waals surface area contributed by atoms with Crippen LogP contribution in [0.3, 0.4) is 0 Å². The largest absolute Gasteiger partial charge is 0.493 e. The Morgan fingerprint density at radius 1 is 1.17 bits per heavy atom. The van der Waals surface area contributed by atoms with Crippen LogP contribution in [0.5, 0.6) is 5.75 Å². The topological polar surface area (TPSA) is 69.4 Å². The lowest BCUT2D eigenvalue weighted by Gasteiger charge is -2.04. The molecule has 4 aromatic rings. The minimum atomic E-state index is 0.250. The molecule has 4 rings (SSSR count). The molecule has 0 unspecified atom stereocenters. The van der Waals surface area contributed by atoms with E-state index in [1.165, 1.54) is 0 Å². The van der Waals surface area contributed by atoms with Crippen molar-refractivity contribution in [2.45, 2.75) is 0 Å². The number of nitrogens with zero attached hydrogens (tertiary/aromatic N) is 1. The van der Waals surface area contributed by atoms with Gasteiger partial charge in [-0.05, 0) is 18.2 Å². The van der Waals surface area contributed by atoms with Crippen LogP contribution in [0.4, 0.5) is 0 Å². The predicted molar refractivity (Wildman–Crippen MR) is 86.4 cm³/mol. The zero-order valence-electron chi connectivity index (χ0n) is 12.1. The van der Waals surface area contributed by atoms with Gasteiger partial charge in [0.25, 0.3) is 0 Å². The molecular formula is C17H11NO4S. The summed E-state index contributed by atoms with van der Waals surface area (Å²) in [5, 5.41) is 5.12. The molecule has 0 aliphatic rings. The number of rotatable bonds is 2. The van der Waals surface area contributed by atoms with Gasteiger partial charge in [-0.1, -0.05) is 18.2 Å². The quantitative estimate of drug-likeness (QED) is 0.554. The van der Waals surface area contributed by atoms with Gasteiger partial charge in [-0.25, -0.2) is 4.98 Å². The molecule has 0 spiro atoms. The molecule has 0 saturated carbocycles. The van der Waals surface area contributed by atoms with Gasteiger partial charge >= 0.3 is 6.15 Å². The normalized spacial score (nSPS) is 10.1. The minimum Gasteiger partial charge on any atom is -0.493 e. The molecule has 0 amide bonds. The maximum Gasteiger partial charge on any atom is 0.373 e. The van der Waals surface area contributed by atoms with Crippen molar-refractivity contribution in [1.29, 1.82) is 0 Å². The molecule has 0 aliphatic carbocycles. The molecule has 6 heteroatoms. The molecule has 0 N–H and O–H groups in total. The van der Waals surface area contributed by atoms with Gasteiger partial charge in [0.1, 0.15) is 10.6 Å². The third kappa shape index (κ3) is 2.61. The number of methoxy groups -OCH3 is 1. The second-order valence-electron chi connectivity index (χ2n) is 4.54. The smallest absolute Gasteiger partial charge is 0.373 e. The van der Waals surface area contributed by atoms with Gasteiger partial charge in [0.15, 0.2) is 11.3 Å². The molecule has 0 aliphatic heterocycles. The second-order valence-corrected chi connectivity index (χ2v) is 5.43. The van der Waals surface area contributed by atoms with E-state index in [4.69, 9.17) is 18.7 Å². The molecule has 0 fully saturated rings. The fraction of sp³-hybridized carbons (Fsp3) is 0.0588.